The van der Waals surface area contributed by atoms with Crippen LogP contribution in [-0.4, -0.2) is 56.1 Å². The maximum absolute atomic E-state index is 3.82. The lowest BCUT2D eigenvalue weighted by Crippen LogP contribution is -2.54. The minimum atomic E-state index is 0.561. The van der Waals surface area contributed by atoms with Crippen LogP contribution in [0.15, 0.2) is 18.2 Å². The highest BCUT2D eigenvalue weighted by Crippen LogP contribution is 2.31. The Morgan fingerprint density at radius 1 is 1.25 bits per heavy atom. The average Bonchev–Trinajstić information content (AvgIpc) is 2.82. The number of hydrogen-bond donors (Lipinski definition) is 1. The second kappa shape index (κ2) is 5.84. The molecule has 1 aromatic carbocycles. The Morgan fingerprint density at radius 2 is 2.10 bits per heavy atom. The topological polar surface area (TPSA) is 18.5 Å². The van der Waals surface area contributed by atoms with Gasteiger partial charge in [0.15, 0.2) is 0 Å². The van der Waals surface area contributed by atoms with E-state index in [4.69, 9.17) is 0 Å². The summed E-state index contributed by atoms with van der Waals surface area (Å²) >= 11 is 0. The molecule has 1 saturated heterocycles. The van der Waals surface area contributed by atoms with E-state index in [0.29, 0.717) is 12.1 Å². The third-order valence-corrected chi connectivity index (χ3v) is 4.96. The summed E-state index contributed by atoms with van der Waals surface area (Å²) in [6.45, 7) is 6.84. The molecule has 0 saturated carbocycles. The number of nitrogens with one attached hydrogen (secondary N) is 1. The van der Waals surface area contributed by atoms with Gasteiger partial charge in [0.05, 0.1) is 0 Å². The molecule has 1 N–H and O–H groups in total. The van der Waals surface area contributed by atoms with Gasteiger partial charge in [0, 0.05) is 38.3 Å². The van der Waals surface area contributed by atoms with Gasteiger partial charge in [0.1, 0.15) is 0 Å². The number of piperazine rings is 1. The van der Waals surface area contributed by atoms with E-state index in [1.165, 1.54) is 43.6 Å². The van der Waals surface area contributed by atoms with Crippen LogP contribution in [0.3, 0.4) is 0 Å². The molecule has 0 aromatic heterocycles. The van der Waals surface area contributed by atoms with Gasteiger partial charge in [-0.05, 0) is 45.0 Å². The molecule has 2 atom stereocenters. The van der Waals surface area contributed by atoms with Gasteiger partial charge in [-0.15, -0.1) is 0 Å². The molecule has 2 aliphatic rings. The van der Waals surface area contributed by atoms with Gasteiger partial charge in [-0.25, -0.2) is 0 Å². The van der Waals surface area contributed by atoms with Gasteiger partial charge in [0.2, 0.25) is 0 Å². The summed E-state index contributed by atoms with van der Waals surface area (Å²) in [5.74, 6) is 0. The maximum atomic E-state index is 3.82. The maximum Gasteiger partial charge on any atom is 0.0345 e. The molecule has 3 rings (SSSR count). The van der Waals surface area contributed by atoms with Crippen molar-refractivity contribution in [2.75, 3.05) is 40.3 Å². The SMILES string of the molecule is Cc1ccc2c(c1)C(NCC1CN(C)CCN1C)CC2. The zero-order valence-electron chi connectivity index (χ0n) is 13.0. The summed E-state index contributed by atoms with van der Waals surface area (Å²) < 4.78 is 0. The third kappa shape index (κ3) is 2.90. The van der Waals surface area contributed by atoms with Crippen molar-refractivity contribution in [3.63, 3.8) is 0 Å². The number of likely N-dealkylation sites (N-methyl/N-ethyl adjacent to an activating group) is 2. The van der Waals surface area contributed by atoms with E-state index in [-0.39, 0.29) is 0 Å². The van der Waals surface area contributed by atoms with Gasteiger partial charge >= 0.3 is 0 Å². The second-order valence-corrected chi connectivity index (χ2v) is 6.60. The normalized spacial score (nSPS) is 27.8. The highest BCUT2D eigenvalue weighted by atomic mass is 15.3. The quantitative estimate of drug-likeness (QED) is 0.906. The summed E-state index contributed by atoms with van der Waals surface area (Å²) in [7, 11) is 4.49. The molecular formula is C17H27N3. The Balaban J connectivity index is 1.61. The standard InChI is InChI=1S/C17H27N3/c1-13-4-5-14-6-7-17(16(14)10-13)18-11-15-12-19(2)8-9-20(15)3/h4-5,10,15,17-18H,6-9,11-12H2,1-3H3. The molecule has 1 aliphatic heterocycles. The number of rotatable bonds is 3. The third-order valence-electron chi connectivity index (χ3n) is 4.96. The highest BCUT2D eigenvalue weighted by molar-refractivity contribution is 5.37. The van der Waals surface area contributed by atoms with Crippen molar-refractivity contribution in [2.24, 2.45) is 0 Å². The fraction of sp³-hybridized carbons (Fsp3) is 0.647. The minimum Gasteiger partial charge on any atom is -0.308 e. The first kappa shape index (κ1) is 14.1. The summed E-state index contributed by atoms with van der Waals surface area (Å²) in [5, 5.41) is 3.82. The lowest BCUT2D eigenvalue weighted by molar-refractivity contribution is 0.111. The van der Waals surface area contributed by atoms with E-state index >= 15 is 0 Å². The number of fused-ring (bicyclic) bond motifs is 1. The fourth-order valence-corrected chi connectivity index (χ4v) is 3.53. The monoisotopic (exact) mass is 273 g/mol. The van der Waals surface area contributed by atoms with Crippen molar-refractivity contribution in [1.29, 1.82) is 0 Å². The highest BCUT2D eigenvalue weighted by Gasteiger charge is 2.26. The molecule has 1 aliphatic carbocycles. The van der Waals surface area contributed by atoms with E-state index in [1.807, 2.05) is 0 Å². The first-order chi connectivity index (χ1) is 9.63. The molecule has 1 fully saturated rings. The Bertz CT molecular complexity index is 471. The largest absolute Gasteiger partial charge is 0.308 e. The predicted molar refractivity (Wildman–Crippen MR) is 84.2 cm³/mol. The summed E-state index contributed by atoms with van der Waals surface area (Å²) in [5.41, 5.74) is 4.46. The van der Waals surface area contributed by atoms with E-state index in [2.05, 4.69) is 54.3 Å². The zero-order valence-corrected chi connectivity index (χ0v) is 13.0. The Labute approximate surface area is 123 Å². The molecule has 20 heavy (non-hydrogen) atoms. The first-order valence-corrected chi connectivity index (χ1v) is 7.85. The van der Waals surface area contributed by atoms with Gasteiger partial charge < -0.3 is 10.2 Å². The van der Waals surface area contributed by atoms with Gasteiger partial charge in [-0.2, -0.15) is 0 Å². The van der Waals surface area contributed by atoms with Gasteiger partial charge in [-0.3, -0.25) is 4.90 Å². The lowest BCUT2D eigenvalue weighted by Gasteiger charge is -2.38. The molecule has 1 aromatic rings. The zero-order chi connectivity index (χ0) is 14.1. The lowest BCUT2D eigenvalue weighted by atomic mass is 10.0. The fourth-order valence-electron chi connectivity index (χ4n) is 3.53. The predicted octanol–water partition coefficient (Wildman–Crippen LogP) is 1.82. The number of nitrogens with zero attached hydrogens (tertiary/aromatic N) is 2. The van der Waals surface area contributed by atoms with Gasteiger partial charge in [-0.1, -0.05) is 23.8 Å². The van der Waals surface area contributed by atoms with Crippen LogP contribution in [0.25, 0.3) is 0 Å². The van der Waals surface area contributed by atoms with Crippen LogP contribution in [0.1, 0.15) is 29.2 Å². The van der Waals surface area contributed by atoms with E-state index in [1.54, 1.807) is 5.56 Å². The molecule has 0 bridgehead atoms. The first-order valence-electron chi connectivity index (χ1n) is 7.85. The van der Waals surface area contributed by atoms with Crippen LogP contribution >= 0.6 is 0 Å². The smallest absolute Gasteiger partial charge is 0.0345 e. The number of benzene rings is 1. The molecule has 110 valence electrons. The van der Waals surface area contributed by atoms with Crippen molar-refractivity contribution in [3.05, 3.63) is 34.9 Å². The van der Waals surface area contributed by atoms with Crippen LogP contribution in [-0.2, 0) is 6.42 Å². The summed E-state index contributed by atoms with van der Waals surface area (Å²) in [4.78, 5) is 4.94. The molecule has 0 radical (unpaired) electrons. The molecule has 3 nitrogen and oxygen atoms in total. The van der Waals surface area contributed by atoms with Crippen LogP contribution in [0.4, 0.5) is 0 Å². The van der Waals surface area contributed by atoms with Crippen LogP contribution in [0, 0.1) is 6.92 Å². The molecular weight excluding hydrogens is 246 g/mol. The van der Waals surface area contributed by atoms with E-state index < -0.39 is 0 Å². The van der Waals surface area contributed by atoms with Crippen molar-refractivity contribution in [2.45, 2.75) is 31.8 Å². The number of hydrogen-bond acceptors (Lipinski definition) is 3. The van der Waals surface area contributed by atoms with Gasteiger partial charge in [0.25, 0.3) is 0 Å². The van der Waals surface area contributed by atoms with Crippen LogP contribution in [0.5, 0.6) is 0 Å². The van der Waals surface area contributed by atoms with Crippen molar-refractivity contribution >= 4 is 0 Å². The average molecular weight is 273 g/mol. The molecule has 0 spiro atoms. The molecule has 1 heterocycles. The molecule has 0 amide bonds. The minimum absolute atomic E-state index is 0.561. The van der Waals surface area contributed by atoms with Crippen molar-refractivity contribution in [3.8, 4) is 0 Å². The van der Waals surface area contributed by atoms with E-state index in [9.17, 15) is 0 Å². The van der Waals surface area contributed by atoms with Crippen molar-refractivity contribution < 1.29 is 0 Å². The van der Waals surface area contributed by atoms with Crippen LogP contribution < -0.4 is 5.32 Å². The Hall–Kier alpha value is -0.900. The molecule has 3 heteroatoms. The summed E-state index contributed by atoms with van der Waals surface area (Å²) in [6.07, 6.45) is 2.48. The van der Waals surface area contributed by atoms with Crippen LogP contribution in [0.2, 0.25) is 0 Å². The Morgan fingerprint density at radius 3 is 2.95 bits per heavy atom. The Kier molecular flexibility index (Phi) is 4.11. The van der Waals surface area contributed by atoms with Crippen molar-refractivity contribution in [1.82, 2.24) is 15.1 Å². The number of aryl methyl sites for hydroxylation is 2. The summed E-state index contributed by atoms with van der Waals surface area (Å²) in [6, 6.07) is 8.13. The molecule has 2 unspecified atom stereocenters. The second-order valence-electron chi connectivity index (χ2n) is 6.60. The van der Waals surface area contributed by atoms with E-state index in [0.717, 1.165) is 6.54 Å².